The van der Waals surface area contributed by atoms with Crippen LogP contribution in [-0.4, -0.2) is 36.0 Å². The highest BCUT2D eigenvalue weighted by atomic mass is 16.5. The Hall–Kier alpha value is -1.75. The molecule has 1 aliphatic heterocycles. The van der Waals surface area contributed by atoms with Gasteiger partial charge in [-0.3, -0.25) is 4.79 Å². The predicted molar refractivity (Wildman–Crippen MR) is 64.1 cm³/mol. The maximum atomic E-state index is 11.1. The zero-order chi connectivity index (χ0) is 13.0. The van der Waals surface area contributed by atoms with Crippen LogP contribution < -0.4 is 9.47 Å². The number of aliphatic hydroxyl groups is 1. The molecule has 0 spiro atoms. The second-order valence-electron chi connectivity index (χ2n) is 4.16. The topological polar surface area (TPSA) is 76.0 Å². The van der Waals surface area contributed by atoms with Crippen molar-refractivity contribution >= 4 is 5.97 Å². The van der Waals surface area contributed by atoms with Crippen LogP contribution >= 0.6 is 0 Å². The van der Waals surface area contributed by atoms with E-state index in [-0.39, 0.29) is 13.0 Å². The summed E-state index contributed by atoms with van der Waals surface area (Å²) in [5.41, 5.74) is 0.626. The Morgan fingerprint density at radius 2 is 2.00 bits per heavy atom. The quantitative estimate of drug-likeness (QED) is 0.847. The highest BCUT2D eigenvalue weighted by molar-refractivity contribution is 5.76. The van der Waals surface area contributed by atoms with Crippen molar-refractivity contribution in [3.05, 3.63) is 23.8 Å². The van der Waals surface area contributed by atoms with Crippen LogP contribution in [0.1, 0.15) is 24.3 Å². The van der Waals surface area contributed by atoms with Gasteiger partial charge in [-0.25, -0.2) is 0 Å². The summed E-state index contributed by atoms with van der Waals surface area (Å²) in [4.78, 5) is 11.1. The van der Waals surface area contributed by atoms with Crippen molar-refractivity contribution in [1.82, 2.24) is 0 Å². The molecule has 0 bridgehead atoms. The molecule has 1 atom stereocenters. The summed E-state index contributed by atoms with van der Waals surface area (Å²) >= 11 is 0. The number of aliphatic carboxylic acids is 1. The first-order valence-corrected chi connectivity index (χ1v) is 5.95. The predicted octanol–water partition coefficient (Wildman–Crippen LogP) is 1.40. The van der Waals surface area contributed by atoms with E-state index in [0.29, 0.717) is 30.3 Å². The van der Waals surface area contributed by atoms with Crippen molar-refractivity contribution in [2.24, 2.45) is 0 Å². The van der Waals surface area contributed by atoms with Gasteiger partial charge in [0.05, 0.1) is 19.1 Å². The highest BCUT2D eigenvalue weighted by Gasteiger charge is 2.21. The minimum Gasteiger partial charge on any atom is -0.490 e. The van der Waals surface area contributed by atoms with Crippen LogP contribution in [-0.2, 0) is 4.79 Å². The van der Waals surface area contributed by atoms with Gasteiger partial charge in [0, 0.05) is 13.0 Å². The number of benzene rings is 1. The van der Waals surface area contributed by atoms with Crippen LogP contribution in [0.15, 0.2) is 18.2 Å². The van der Waals surface area contributed by atoms with Crippen LogP contribution in [0.4, 0.5) is 0 Å². The van der Waals surface area contributed by atoms with E-state index >= 15 is 0 Å². The lowest BCUT2D eigenvalue weighted by Gasteiger charge is -2.14. The van der Waals surface area contributed by atoms with Crippen molar-refractivity contribution in [3.8, 4) is 11.5 Å². The van der Waals surface area contributed by atoms with E-state index in [1.807, 2.05) is 0 Å². The summed E-state index contributed by atoms with van der Waals surface area (Å²) in [6.45, 7) is 1.00. The molecule has 98 valence electrons. The van der Waals surface area contributed by atoms with Gasteiger partial charge in [-0.15, -0.1) is 0 Å². The number of carboxylic acid groups (broad SMARTS) is 1. The zero-order valence-electron chi connectivity index (χ0n) is 9.96. The molecule has 0 aromatic heterocycles. The van der Waals surface area contributed by atoms with Crippen molar-refractivity contribution in [2.75, 3.05) is 19.8 Å². The van der Waals surface area contributed by atoms with E-state index in [1.165, 1.54) is 0 Å². The lowest BCUT2D eigenvalue weighted by atomic mass is 9.96. The Morgan fingerprint density at radius 1 is 1.28 bits per heavy atom. The van der Waals surface area contributed by atoms with Gasteiger partial charge >= 0.3 is 5.97 Å². The molecule has 1 heterocycles. The normalized spacial score (nSPS) is 15.8. The van der Waals surface area contributed by atoms with Crippen molar-refractivity contribution in [2.45, 2.75) is 18.8 Å². The minimum absolute atomic E-state index is 0.161. The molecule has 18 heavy (non-hydrogen) atoms. The molecular formula is C13H16O5. The Bertz CT molecular complexity index is 429. The number of hydrogen-bond acceptors (Lipinski definition) is 4. The molecule has 0 fully saturated rings. The zero-order valence-corrected chi connectivity index (χ0v) is 9.96. The smallest absolute Gasteiger partial charge is 0.311 e. The van der Waals surface area contributed by atoms with Gasteiger partial charge in [0.2, 0.25) is 0 Å². The lowest BCUT2D eigenvalue weighted by molar-refractivity contribution is -0.139. The summed E-state index contributed by atoms with van der Waals surface area (Å²) < 4.78 is 11.0. The van der Waals surface area contributed by atoms with Gasteiger partial charge in [0.1, 0.15) is 0 Å². The molecule has 0 amide bonds. The Balaban J connectivity index is 2.28. The maximum Gasteiger partial charge on any atom is 0.311 e. The van der Waals surface area contributed by atoms with E-state index in [9.17, 15) is 4.79 Å². The van der Waals surface area contributed by atoms with E-state index in [0.717, 1.165) is 6.42 Å². The van der Waals surface area contributed by atoms with E-state index in [2.05, 4.69) is 0 Å². The van der Waals surface area contributed by atoms with Gasteiger partial charge in [0.25, 0.3) is 0 Å². The van der Waals surface area contributed by atoms with Gasteiger partial charge in [-0.1, -0.05) is 6.07 Å². The van der Waals surface area contributed by atoms with Crippen LogP contribution in [0.3, 0.4) is 0 Å². The largest absolute Gasteiger partial charge is 0.490 e. The fourth-order valence-corrected chi connectivity index (χ4v) is 1.96. The monoisotopic (exact) mass is 252 g/mol. The van der Waals surface area contributed by atoms with Gasteiger partial charge in [0.15, 0.2) is 11.5 Å². The highest BCUT2D eigenvalue weighted by Crippen LogP contribution is 2.33. The first-order chi connectivity index (χ1) is 8.72. The second-order valence-corrected chi connectivity index (χ2v) is 4.16. The van der Waals surface area contributed by atoms with Gasteiger partial charge in [-0.05, 0) is 24.1 Å². The third-order valence-electron chi connectivity index (χ3n) is 2.89. The number of carbonyl (C=O) groups is 1. The van der Waals surface area contributed by atoms with Crippen LogP contribution in [0, 0.1) is 0 Å². The number of fused-ring (bicyclic) bond motifs is 1. The van der Waals surface area contributed by atoms with Crippen LogP contribution in [0.25, 0.3) is 0 Å². The number of hydrogen-bond donors (Lipinski definition) is 2. The number of carboxylic acids is 1. The van der Waals surface area contributed by atoms with E-state index < -0.39 is 11.9 Å². The molecule has 1 unspecified atom stereocenters. The average molecular weight is 252 g/mol. The van der Waals surface area contributed by atoms with Gasteiger partial charge in [-0.2, -0.15) is 0 Å². The molecule has 0 radical (unpaired) electrons. The van der Waals surface area contributed by atoms with E-state index in [1.54, 1.807) is 18.2 Å². The molecule has 1 aromatic carbocycles. The van der Waals surface area contributed by atoms with Gasteiger partial charge < -0.3 is 19.7 Å². The van der Waals surface area contributed by atoms with Crippen molar-refractivity contribution in [1.29, 1.82) is 0 Å². The molecule has 0 aliphatic carbocycles. The first kappa shape index (κ1) is 12.7. The SMILES string of the molecule is O=C(O)C(CCO)c1ccc2c(c1)OCCCO2. The lowest BCUT2D eigenvalue weighted by Crippen LogP contribution is -2.13. The molecule has 5 heteroatoms. The molecule has 5 nitrogen and oxygen atoms in total. The summed E-state index contributed by atoms with van der Waals surface area (Å²) in [5.74, 6) is -0.440. The van der Waals surface area contributed by atoms with Crippen LogP contribution in [0.5, 0.6) is 11.5 Å². The molecule has 0 saturated heterocycles. The Labute approximate surface area is 105 Å². The number of rotatable bonds is 4. The fraction of sp³-hybridized carbons (Fsp3) is 0.462. The third kappa shape index (κ3) is 2.73. The number of ether oxygens (including phenoxy) is 2. The summed E-state index contributed by atoms with van der Waals surface area (Å²) in [6, 6.07) is 5.13. The van der Waals surface area contributed by atoms with Crippen LogP contribution in [0.2, 0.25) is 0 Å². The van der Waals surface area contributed by atoms with Crippen molar-refractivity contribution in [3.63, 3.8) is 0 Å². The minimum atomic E-state index is -0.946. The molecular weight excluding hydrogens is 236 g/mol. The summed E-state index contributed by atoms with van der Waals surface area (Å²) in [7, 11) is 0. The van der Waals surface area contributed by atoms with Crippen molar-refractivity contribution < 1.29 is 24.5 Å². The average Bonchev–Trinajstić information content (AvgIpc) is 2.59. The maximum absolute atomic E-state index is 11.1. The molecule has 2 N–H and O–H groups in total. The summed E-state index contributed by atoms with van der Waals surface area (Å²) in [5, 5.41) is 18.0. The number of aliphatic hydroxyl groups excluding tert-OH is 1. The first-order valence-electron chi connectivity index (χ1n) is 5.95. The van der Waals surface area contributed by atoms with E-state index in [4.69, 9.17) is 19.7 Å². The fourth-order valence-electron chi connectivity index (χ4n) is 1.96. The molecule has 1 aromatic rings. The Morgan fingerprint density at radius 3 is 2.67 bits per heavy atom. The molecule has 1 aliphatic rings. The molecule has 2 rings (SSSR count). The third-order valence-corrected chi connectivity index (χ3v) is 2.89. The molecule has 0 saturated carbocycles. The second kappa shape index (κ2) is 5.73. The standard InChI is InChI=1S/C13H16O5/c14-5-4-10(13(15)16)9-2-3-11-12(8-9)18-7-1-6-17-11/h2-3,8,10,14H,1,4-7H2,(H,15,16). The summed E-state index contributed by atoms with van der Waals surface area (Å²) in [6.07, 6.45) is 0.998. The Kier molecular flexibility index (Phi) is 4.04.